The molecule has 0 amide bonds. The van der Waals surface area contributed by atoms with Gasteiger partial charge in [0.25, 0.3) is 0 Å². The first-order chi connectivity index (χ1) is 17.6. The van der Waals surface area contributed by atoms with Crippen LogP contribution in [-0.2, 0) is 27.2 Å². The van der Waals surface area contributed by atoms with Gasteiger partial charge in [-0.1, -0.05) is 11.6 Å². The van der Waals surface area contributed by atoms with E-state index in [1.807, 2.05) is 6.20 Å². The molecule has 0 spiro atoms. The number of halogens is 2. The lowest BCUT2D eigenvalue weighted by Crippen LogP contribution is -2.43. The lowest BCUT2D eigenvalue weighted by atomic mass is 10.2. The number of anilines is 2. The monoisotopic (exact) mass is 559 g/mol. The number of rotatable bonds is 6. The number of benzene rings is 2. The highest BCUT2D eigenvalue weighted by Crippen LogP contribution is 2.29. The van der Waals surface area contributed by atoms with E-state index in [0.29, 0.717) is 32.4 Å². The average Bonchev–Trinajstić information content (AvgIpc) is 3.40. The molecule has 0 aliphatic carbocycles. The van der Waals surface area contributed by atoms with Crippen LogP contribution in [0.25, 0.3) is 10.9 Å². The summed E-state index contributed by atoms with van der Waals surface area (Å²) in [4.78, 5) is 34.8. The van der Waals surface area contributed by atoms with Gasteiger partial charge in [0, 0.05) is 31.0 Å². The van der Waals surface area contributed by atoms with Crippen molar-refractivity contribution in [2.45, 2.75) is 13.1 Å². The van der Waals surface area contributed by atoms with Crippen LogP contribution in [0.4, 0.5) is 16.0 Å². The largest absolute Gasteiger partial charge is 0.355 e. The van der Waals surface area contributed by atoms with Gasteiger partial charge < -0.3 is 5.32 Å². The minimum absolute atomic E-state index is 0.0508. The second kappa shape index (κ2) is 9.78. The van der Waals surface area contributed by atoms with Crippen molar-refractivity contribution in [3.63, 3.8) is 0 Å². The van der Waals surface area contributed by atoms with Crippen molar-refractivity contribution in [3.05, 3.63) is 80.0 Å². The van der Waals surface area contributed by atoms with Crippen molar-refractivity contribution >= 4 is 63.2 Å². The van der Waals surface area contributed by atoms with Crippen molar-refractivity contribution in [3.8, 4) is 0 Å². The molecule has 5 rings (SSSR count). The molecule has 5 aromatic rings. The molecule has 2 unspecified atom stereocenters. The SMILES string of the molecule is Cn1cnc(Cn2c(=O)nc(Nc3cc4cn(C)nc4cc3Cl)n(Cc3cc(F)c(P)cc3P)c2=O)n1. The number of fused-ring (bicyclic) bond motifs is 1. The molecule has 1 N–H and O–H groups in total. The lowest BCUT2D eigenvalue weighted by Gasteiger charge is -2.17. The summed E-state index contributed by atoms with van der Waals surface area (Å²) in [5, 5.41) is 13.7. The van der Waals surface area contributed by atoms with Crippen LogP contribution in [0.15, 0.2) is 46.4 Å². The maximum atomic E-state index is 14.4. The molecule has 0 saturated carbocycles. The molecular weight excluding hydrogens is 539 g/mol. The minimum Gasteiger partial charge on any atom is -0.324 e. The van der Waals surface area contributed by atoms with Crippen molar-refractivity contribution < 1.29 is 4.39 Å². The van der Waals surface area contributed by atoms with E-state index >= 15 is 0 Å². The Morgan fingerprint density at radius 1 is 1.00 bits per heavy atom. The maximum Gasteiger partial charge on any atom is 0.355 e. The summed E-state index contributed by atoms with van der Waals surface area (Å²) in [6, 6.07) is 6.38. The Morgan fingerprint density at radius 3 is 2.51 bits per heavy atom. The van der Waals surface area contributed by atoms with Gasteiger partial charge in [0.2, 0.25) is 5.95 Å². The van der Waals surface area contributed by atoms with E-state index in [4.69, 9.17) is 11.6 Å². The predicted octanol–water partition coefficient (Wildman–Crippen LogP) is 1.05. The van der Waals surface area contributed by atoms with Crippen LogP contribution in [0, 0.1) is 5.82 Å². The first-order valence-electron chi connectivity index (χ1n) is 10.9. The molecule has 3 heterocycles. The van der Waals surface area contributed by atoms with E-state index in [1.165, 1.54) is 21.6 Å². The topological polar surface area (TPSA) is 117 Å². The number of aryl methyl sites for hydroxylation is 2. The van der Waals surface area contributed by atoms with Crippen molar-refractivity contribution in [2.24, 2.45) is 14.1 Å². The summed E-state index contributed by atoms with van der Waals surface area (Å²) in [5.74, 6) is -0.228. The number of nitrogens with one attached hydrogen (secondary N) is 1. The number of nitrogens with zero attached hydrogens (tertiary/aromatic N) is 8. The Kier molecular flexibility index (Phi) is 6.66. The molecule has 3 aromatic heterocycles. The molecule has 0 aliphatic rings. The summed E-state index contributed by atoms with van der Waals surface area (Å²) >= 11 is 6.47. The first kappa shape index (κ1) is 25.2. The number of hydrogen-bond donors (Lipinski definition) is 1. The Bertz CT molecular complexity index is 1790. The van der Waals surface area contributed by atoms with Crippen LogP contribution in [0.5, 0.6) is 0 Å². The van der Waals surface area contributed by atoms with Gasteiger partial charge in [0.05, 0.1) is 29.3 Å². The molecule has 2 aromatic carbocycles. The third-order valence-corrected chi connectivity index (χ3v) is 6.93. The highest BCUT2D eigenvalue weighted by molar-refractivity contribution is 7.29. The number of hydrogen-bond acceptors (Lipinski definition) is 7. The van der Waals surface area contributed by atoms with E-state index in [0.717, 1.165) is 9.95 Å². The molecule has 0 saturated heterocycles. The van der Waals surface area contributed by atoms with Crippen molar-refractivity contribution in [2.75, 3.05) is 5.32 Å². The third kappa shape index (κ3) is 5.05. The van der Waals surface area contributed by atoms with E-state index in [2.05, 4.69) is 44.0 Å². The van der Waals surface area contributed by atoms with E-state index in [9.17, 15) is 14.0 Å². The van der Waals surface area contributed by atoms with Gasteiger partial charge in [-0.2, -0.15) is 15.2 Å². The van der Waals surface area contributed by atoms with Gasteiger partial charge in [-0.25, -0.2) is 23.5 Å². The standard InChI is InChI=1S/C22H21ClFN9O2P2/c1-30-7-11-4-16(13(23)5-15(11)28-30)26-20-27-21(34)33(9-19-25-10-31(2)29-19)22(35)32(20)8-12-3-14(24)18(37)6-17(12)36/h3-7,10H,8-9,36-37H2,1-2H3,(H,26,27,34). The fourth-order valence-corrected chi connectivity index (χ4v) is 4.86. The summed E-state index contributed by atoms with van der Waals surface area (Å²) in [6.45, 7) is -0.252. The summed E-state index contributed by atoms with van der Waals surface area (Å²) in [7, 11) is 8.32. The highest BCUT2D eigenvalue weighted by atomic mass is 35.5. The van der Waals surface area contributed by atoms with Crippen molar-refractivity contribution in [1.29, 1.82) is 0 Å². The molecule has 11 nitrogen and oxygen atoms in total. The fraction of sp³-hybridized carbons (Fsp3) is 0.182. The normalized spacial score (nSPS) is 11.4. The lowest BCUT2D eigenvalue weighted by molar-refractivity contribution is 0.572. The Hall–Kier alpha value is -3.46. The van der Waals surface area contributed by atoms with Gasteiger partial charge in [-0.15, -0.1) is 18.5 Å². The highest BCUT2D eigenvalue weighted by Gasteiger charge is 2.18. The van der Waals surface area contributed by atoms with E-state index < -0.39 is 17.2 Å². The van der Waals surface area contributed by atoms with Crippen LogP contribution in [0.1, 0.15) is 11.4 Å². The fourth-order valence-electron chi connectivity index (χ4n) is 3.84. The van der Waals surface area contributed by atoms with Gasteiger partial charge in [-0.05, 0) is 35.1 Å². The molecule has 0 fully saturated rings. The summed E-state index contributed by atoms with van der Waals surface area (Å²) in [6.07, 6.45) is 3.27. The molecule has 2 atom stereocenters. The quantitative estimate of drug-likeness (QED) is 0.309. The van der Waals surface area contributed by atoms with Crippen LogP contribution in [-0.4, -0.2) is 38.7 Å². The second-order valence-electron chi connectivity index (χ2n) is 8.40. The van der Waals surface area contributed by atoms with Crippen LogP contribution in [0.2, 0.25) is 5.02 Å². The Balaban J connectivity index is 1.64. The number of aromatic nitrogens is 8. The average molecular weight is 560 g/mol. The molecular formula is C22H21ClFN9O2P2. The van der Waals surface area contributed by atoms with Crippen molar-refractivity contribution in [1.82, 2.24) is 38.7 Å². The van der Waals surface area contributed by atoms with E-state index in [1.54, 1.807) is 37.0 Å². The summed E-state index contributed by atoms with van der Waals surface area (Å²) in [5.41, 5.74) is 0.141. The molecule has 190 valence electrons. The van der Waals surface area contributed by atoms with Gasteiger partial charge in [0.15, 0.2) is 5.82 Å². The smallest absolute Gasteiger partial charge is 0.324 e. The minimum atomic E-state index is -0.799. The predicted molar refractivity (Wildman–Crippen MR) is 146 cm³/mol. The molecule has 37 heavy (non-hydrogen) atoms. The second-order valence-corrected chi connectivity index (χ2v) is 10.0. The van der Waals surface area contributed by atoms with Crippen LogP contribution >= 0.6 is 30.1 Å². The molecule has 0 bridgehead atoms. The Morgan fingerprint density at radius 2 is 1.78 bits per heavy atom. The first-order valence-corrected chi connectivity index (χ1v) is 12.4. The van der Waals surface area contributed by atoms with Crippen LogP contribution < -0.4 is 27.3 Å². The Labute approximate surface area is 218 Å². The summed E-state index contributed by atoms with van der Waals surface area (Å²) < 4.78 is 19.7. The zero-order chi connectivity index (χ0) is 26.4. The third-order valence-electron chi connectivity index (χ3n) is 5.64. The maximum absolute atomic E-state index is 14.4. The molecule has 0 aliphatic heterocycles. The zero-order valence-corrected chi connectivity index (χ0v) is 22.7. The molecule has 15 heteroatoms. The van der Waals surface area contributed by atoms with E-state index in [-0.39, 0.29) is 24.9 Å². The van der Waals surface area contributed by atoms with Gasteiger partial charge in [-0.3, -0.25) is 13.9 Å². The van der Waals surface area contributed by atoms with Gasteiger partial charge >= 0.3 is 11.4 Å². The van der Waals surface area contributed by atoms with Gasteiger partial charge in [0.1, 0.15) is 12.1 Å². The molecule has 0 radical (unpaired) electrons. The van der Waals surface area contributed by atoms with Crippen LogP contribution in [0.3, 0.4) is 0 Å². The zero-order valence-electron chi connectivity index (χ0n) is 19.7.